The molecule has 1 N–H and O–H groups in total. The zero-order valence-electron chi connectivity index (χ0n) is 8.34. The summed E-state index contributed by atoms with van der Waals surface area (Å²) in [6, 6.07) is 1.47. The van der Waals surface area contributed by atoms with E-state index in [1.165, 1.54) is 24.0 Å². The highest BCUT2D eigenvalue weighted by Crippen LogP contribution is 2.23. The van der Waals surface area contributed by atoms with Crippen molar-refractivity contribution < 1.29 is 10.0 Å². The molecule has 0 fully saturated rings. The molecular formula is C9H12N2O3S. The van der Waals surface area contributed by atoms with E-state index < -0.39 is 4.92 Å². The van der Waals surface area contributed by atoms with Crippen LogP contribution in [-0.2, 0) is 0 Å². The summed E-state index contributed by atoms with van der Waals surface area (Å²) in [6.07, 6.45) is 2.16. The summed E-state index contributed by atoms with van der Waals surface area (Å²) in [5.41, 5.74) is 0.656. The lowest BCUT2D eigenvalue weighted by Crippen LogP contribution is -1.94. The van der Waals surface area contributed by atoms with Gasteiger partial charge in [-0.05, 0) is 13.3 Å². The van der Waals surface area contributed by atoms with Crippen LogP contribution in [0.15, 0.2) is 17.3 Å². The number of nitro groups is 1. The third-order valence-corrected chi connectivity index (χ3v) is 2.81. The molecule has 6 heteroatoms. The van der Waals surface area contributed by atoms with Crippen molar-refractivity contribution >= 4 is 17.4 Å². The molecule has 0 aliphatic heterocycles. The Hall–Kier alpha value is -1.14. The van der Waals surface area contributed by atoms with E-state index in [1.54, 1.807) is 6.92 Å². The standard InChI is InChI=1S/C9H12N2O3S/c1-7-6-10-9(15-4-2-3-12)5-8(7)11(13)14/h5-6,12H,2-4H2,1H3. The molecule has 15 heavy (non-hydrogen) atoms. The van der Waals surface area contributed by atoms with Gasteiger partial charge in [-0.2, -0.15) is 0 Å². The molecule has 1 aromatic rings. The van der Waals surface area contributed by atoms with Crippen LogP contribution in [-0.4, -0.2) is 27.4 Å². The van der Waals surface area contributed by atoms with E-state index in [2.05, 4.69) is 4.98 Å². The van der Waals surface area contributed by atoms with E-state index in [1.807, 2.05) is 0 Å². The van der Waals surface area contributed by atoms with E-state index in [-0.39, 0.29) is 12.3 Å². The quantitative estimate of drug-likeness (QED) is 0.360. The molecule has 0 unspecified atom stereocenters. The summed E-state index contributed by atoms with van der Waals surface area (Å²) in [5, 5.41) is 19.8. The number of aliphatic hydroxyl groups is 1. The van der Waals surface area contributed by atoms with Gasteiger partial charge in [0.2, 0.25) is 0 Å². The molecule has 82 valence electrons. The average molecular weight is 228 g/mol. The minimum atomic E-state index is -0.410. The lowest BCUT2D eigenvalue weighted by Gasteiger charge is -2.01. The number of pyridine rings is 1. The van der Waals surface area contributed by atoms with E-state index in [0.29, 0.717) is 22.8 Å². The Balaban J connectivity index is 2.74. The van der Waals surface area contributed by atoms with Gasteiger partial charge in [0.1, 0.15) is 5.03 Å². The van der Waals surface area contributed by atoms with Crippen LogP contribution >= 0.6 is 11.8 Å². The van der Waals surface area contributed by atoms with Crippen molar-refractivity contribution in [3.05, 3.63) is 27.9 Å². The number of thioether (sulfide) groups is 1. The van der Waals surface area contributed by atoms with E-state index in [4.69, 9.17) is 5.11 Å². The first-order chi connectivity index (χ1) is 7.15. The van der Waals surface area contributed by atoms with Gasteiger partial charge in [-0.25, -0.2) is 4.98 Å². The van der Waals surface area contributed by atoms with Gasteiger partial charge in [-0.3, -0.25) is 10.1 Å². The van der Waals surface area contributed by atoms with Crippen LogP contribution in [0.3, 0.4) is 0 Å². The van der Waals surface area contributed by atoms with Crippen LogP contribution in [0, 0.1) is 17.0 Å². The van der Waals surface area contributed by atoms with Crippen molar-refractivity contribution in [3.8, 4) is 0 Å². The molecule has 0 bridgehead atoms. The fourth-order valence-corrected chi connectivity index (χ4v) is 1.82. The van der Waals surface area contributed by atoms with Gasteiger partial charge in [0.05, 0.1) is 4.92 Å². The molecule has 0 aliphatic rings. The van der Waals surface area contributed by atoms with Gasteiger partial charge in [-0.1, -0.05) is 0 Å². The Morgan fingerprint density at radius 2 is 2.40 bits per heavy atom. The van der Waals surface area contributed by atoms with Gasteiger partial charge < -0.3 is 5.11 Å². The number of rotatable bonds is 5. The Labute approximate surface area is 91.7 Å². The fourth-order valence-electron chi connectivity index (χ4n) is 1.01. The van der Waals surface area contributed by atoms with Crippen LogP contribution in [0.5, 0.6) is 0 Å². The van der Waals surface area contributed by atoms with Crippen LogP contribution in [0.4, 0.5) is 5.69 Å². The smallest absolute Gasteiger partial charge is 0.276 e. The van der Waals surface area contributed by atoms with Gasteiger partial charge in [0, 0.05) is 30.2 Å². The second-order valence-electron chi connectivity index (χ2n) is 2.99. The van der Waals surface area contributed by atoms with Gasteiger partial charge >= 0.3 is 0 Å². The van der Waals surface area contributed by atoms with Gasteiger partial charge in [0.25, 0.3) is 5.69 Å². The Bertz CT molecular complexity index is 357. The number of aryl methyl sites for hydroxylation is 1. The zero-order chi connectivity index (χ0) is 11.3. The largest absolute Gasteiger partial charge is 0.396 e. The molecule has 0 aliphatic carbocycles. The van der Waals surface area contributed by atoms with Crippen LogP contribution < -0.4 is 0 Å². The second kappa shape index (κ2) is 5.67. The number of hydrogen-bond donors (Lipinski definition) is 1. The first-order valence-electron chi connectivity index (χ1n) is 4.50. The third-order valence-electron chi connectivity index (χ3n) is 1.80. The van der Waals surface area contributed by atoms with E-state index in [0.717, 1.165) is 0 Å². The predicted octanol–water partition coefficient (Wildman–Crippen LogP) is 1.77. The van der Waals surface area contributed by atoms with Crippen molar-refractivity contribution in [2.24, 2.45) is 0 Å². The number of aromatic nitrogens is 1. The first kappa shape index (κ1) is 11.9. The fraction of sp³-hybridized carbons (Fsp3) is 0.444. The SMILES string of the molecule is Cc1cnc(SCCCO)cc1[N+](=O)[O-]. The van der Waals surface area contributed by atoms with E-state index >= 15 is 0 Å². The molecule has 0 aromatic carbocycles. The van der Waals surface area contributed by atoms with Crippen LogP contribution in [0.1, 0.15) is 12.0 Å². The van der Waals surface area contributed by atoms with E-state index in [9.17, 15) is 10.1 Å². The summed E-state index contributed by atoms with van der Waals surface area (Å²) in [4.78, 5) is 14.3. The first-order valence-corrected chi connectivity index (χ1v) is 5.48. The maximum Gasteiger partial charge on any atom is 0.276 e. The monoisotopic (exact) mass is 228 g/mol. The maximum atomic E-state index is 10.6. The van der Waals surface area contributed by atoms with Gasteiger partial charge in [-0.15, -0.1) is 11.8 Å². The maximum absolute atomic E-state index is 10.6. The average Bonchev–Trinajstić information content (AvgIpc) is 2.20. The highest BCUT2D eigenvalue weighted by atomic mass is 32.2. The minimum Gasteiger partial charge on any atom is -0.396 e. The topological polar surface area (TPSA) is 76.3 Å². The van der Waals surface area contributed by atoms with Gasteiger partial charge in [0.15, 0.2) is 0 Å². The lowest BCUT2D eigenvalue weighted by atomic mass is 10.3. The predicted molar refractivity (Wildman–Crippen MR) is 58.1 cm³/mol. The Kier molecular flexibility index (Phi) is 4.51. The number of nitrogens with zero attached hydrogens (tertiary/aromatic N) is 2. The van der Waals surface area contributed by atoms with Crippen LogP contribution in [0.2, 0.25) is 0 Å². The lowest BCUT2D eigenvalue weighted by molar-refractivity contribution is -0.385. The van der Waals surface area contributed by atoms with Crippen molar-refractivity contribution in [2.75, 3.05) is 12.4 Å². The summed E-state index contributed by atoms with van der Waals surface area (Å²) in [6.45, 7) is 1.79. The van der Waals surface area contributed by atoms with Crippen molar-refractivity contribution in [2.45, 2.75) is 18.4 Å². The molecule has 0 spiro atoms. The Morgan fingerprint density at radius 3 is 3.00 bits per heavy atom. The molecule has 0 radical (unpaired) electrons. The minimum absolute atomic E-state index is 0.0940. The number of aliphatic hydroxyl groups excluding tert-OH is 1. The molecular weight excluding hydrogens is 216 g/mol. The molecule has 0 saturated carbocycles. The van der Waals surface area contributed by atoms with Crippen molar-refractivity contribution in [1.29, 1.82) is 0 Å². The molecule has 0 amide bonds. The molecule has 5 nitrogen and oxygen atoms in total. The summed E-state index contributed by atoms with van der Waals surface area (Å²) >= 11 is 1.41. The van der Waals surface area contributed by atoms with Crippen molar-refractivity contribution in [1.82, 2.24) is 4.98 Å². The normalized spacial score (nSPS) is 10.3. The third kappa shape index (κ3) is 3.49. The summed E-state index contributed by atoms with van der Waals surface area (Å²) in [5.74, 6) is 0.712. The molecule has 0 saturated heterocycles. The van der Waals surface area contributed by atoms with Crippen LogP contribution in [0.25, 0.3) is 0 Å². The highest BCUT2D eigenvalue weighted by molar-refractivity contribution is 7.99. The summed E-state index contributed by atoms with van der Waals surface area (Å²) < 4.78 is 0. The molecule has 0 atom stereocenters. The molecule has 1 heterocycles. The molecule has 1 aromatic heterocycles. The van der Waals surface area contributed by atoms with Crippen molar-refractivity contribution in [3.63, 3.8) is 0 Å². The zero-order valence-corrected chi connectivity index (χ0v) is 9.16. The highest BCUT2D eigenvalue weighted by Gasteiger charge is 2.11. The summed E-state index contributed by atoms with van der Waals surface area (Å²) in [7, 11) is 0. The second-order valence-corrected chi connectivity index (χ2v) is 4.11. The molecule has 1 rings (SSSR count). The Morgan fingerprint density at radius 1 is 1.67 bits per heavy atom. The number of hydrogen-bond acceptors (Lipinski definition) is 5.